The highest BCUT2D eigenvalue weighted by atomic mass is 19.1. The summed E-state index contributed by atoms with van der Waals surface area (Å²) in [6, 6.07) is 11.3. The molecule has 1 fully saturated rings. The van der Waals surface area contributed by atoms with Gasteiger partial charge in [0.1, 0.15) is 18.2 Å². The van der Waals surface area contributed by atoms with Crippen molar-refractivity contribution in [3.63, 3.8) is 0 Å². The Bertz CT molecular complexity index is 741. The van der Waals surface area contributed by atoms with Crippen LogP contribution in [-0.4, -0.2) is 37.1 Å². The molecule has 2 aromatic carbocycles. The molecule has 2 N–H and O–H groups in total. The third-order valence-corrected chi connectivity index (χ3v) is 4.51. The smallest absolute Gasteiger partial charge is 0.322 e. The number of hydrogen-bond acceptors (Lipinski definition) is 1. The number of carbonyl (C=O) groups excluding carboxylic acids is 1. The van der Waals surface area contributed by atoms with E-state index in [0.29, 0.717) is 13.1 Å². The summed E-state index contributed by atoms with van der Waals surface area (Å²) in [6.45, 7) is 5.90. The fraction of sp³-hybridized carbons (Fsp3) is 0.316. The van der Waals surface area contributed by atoms with E-state index >= 15 is 0 Å². The van der Waals surface area contributed by atoms with Crippen molar-refractivity contribution < 1.29 is 18.5 Å². The van der Waals surface area contributed by atoms with Crippen molar-refractivity contribution in [1.29, 1.82) is 0 Å². The average Bonchev–Trinajstić information content (AvgIpc) is 2.60. The van der Waals surface area contributed by atoms with E-state index in [0.717, 1.165) is 31.8 Å². The van der Waals surface area contributed by atoms with Crippen molar-refractivity contribution in [2.75, 3.05) is 31.5 Å². The Morgan fingerprint density at radius 2 is 1.80 bits per heavy atom. The van der Waals surface area contributed by atoms with Crippen LogP contribution in [0, 0.1) is 18.6 Å². The largest absolute Gasteiger partial charge is 0.328 e. The number of anilines is 1. The molecule has 2 aromatic rings. The van der Waals surface area contributed by atoms with Crippen LogP contribution in [-0.2, 0) is 6.54 Å². The summed E-state index contributed by atoms with van der Waals surface area (Å²) in [5.74, 6) is -1.43. The number of nitrogens with one attached hydrogen (secondary N) is 2. The summed E-state index contributed by atoms with van der Waals surface area (Å²) in [5, 5.41) is 2.51. The van der Waals surface area contributed by atoms with Gasteiger partial charge >= 0.3 is 6.03 Å². The average molecular weight is 346 g/mol. The minimum absolute atomic E-state index is 0.000770. The SMILES string of the molecule is Cc1ccc(C[NH+]2CCN(C(=O)Nc3ccc(F)cc3F)CC2)cc1. The molecule has 6 heteroatoms. The molecule has 1 saturated heterocycles. The standard InChI is InChI=1S/C19H21F2N3O/c1-14-2-4-15(5-3-14)13-23-8-10-24(11-9-23)19(25)22-18-7-6-16(20)12-17(18)21/h2-7,12H,8-11,13H2,1H3,(H,22,25)/p+1. The fourth-order valence-corrected chi connectivity index (χ4v) is 2.98. The van der Waals surface area contributed by atoms with Crippen molar-refractivity contribution in [2.45, 2.75) is 13.5 Å². The molecule has 132 valence electrons. The number of benzene rings is 2. The predicted octanol–water partition coefficient (Wildman–Crippen LogP) is 2.21. The maximum absolute atomic E-state index is 13.6. The maximum Gasteiger partial charge on any atom is 0.322 e. The van der Waals surface area contributed by atoms with E-state index < -0.39 is 11.6 Å². The number of aryl methyl sites for hydroxylation is 1. The van der Waals surface area contributed by atoms with Crippen LogP contribution >= 0.6 is 0 Å². The van der Waals surface area contributed by atoms with Gasteiger partial charge < -0.3 is 15.1 Å². The number of halogens is 2. The molecule has 0 saturated carbocycles. The summed E-state index contributed by atoms with van der Waals surface area (Å²) < 4.78 is 26.6. The highest BCUT2D eigenvalue weighted by Crippen LogP contribution is 2.15. The third kappa shape index (κ3) is 4.54. The fourth-order valence-electron chi connectivity index (χ4n) is 2.98. The van der Waals surface area contributed by atoms with Gasteiger partial charge in [0, 0.05) is 11.6 Å². The van der Waals surface area contributed by atoms with Crippen molar-refractivity contribution in [3.05, 3.63) is 65.2 Å². The summed E-state index contributed by atoms with van der Waals surface area (Å²) in [7, 11) is 0. The third-order valence-electron chi connectivity index (χ3n) is 4.51. The molecule has 0 aromatic heterocycles. The molecule has 3 rings (SSSR count). The molecule has 25 heavy (non-hydrogen) atoms. The molecule has 4 nitrogen and oxygen atoms in total. The van der Waals surface area contributed by atoms with Crippen LogP contribution in [0.5, 0.6) is 0 Å². The number of rotatable bonds is 3. The van der Waals surface area contributed by atoms with Gasteiger partial charge in [-0.15, -0.1) is 0 Å². The summed E-state index contributed by atoms with van der Waals surface area (Å²) in [5.41, 5.74) is 2.53. The first kappa shape index (κ1) is 17.4. The topological polar surface area (TPSA) is 36.8 Å². The number of amides is 2. The maximum atomic E-state index is 13.6. The van der Waals surface area contributed by atoms with Crippen molar-refractivity contribution >= 4 is 11.7 Å². The Balaban J connectivity index is 1.51. The number of urea groups is 1. The van der Waals surface area contributed by atoms with E-state index in [4.69, 9.17) is 0 Å². The predicted molar refractivity (Wildman–Crippen MR) is 92.5 cm³/mol. The second-order valence-electron chi connectivity index (χ2n) is 6.45. The number of quaternary nitrogens is 1. The van der Waals surface area contributed by atoms with Crippen LogP contribution in [0.15, 0.2) is 42.5 Å². The molecular formula is C19H22F2N3O+. The van der Waals surface area contributed by atoms with Gasteiger partial charge in [-0.1, -0.05) is 29.8 Å². The van der Waals surface area contributed by atoms with Gasteiger partial charge in [-0.05, 0) is 19.1 Å². The number of carbonyl (C=O) groups is 1. The van der Waals surface area contributed by atoms with Crippen molar-refractivity contribution in [1.82, 2.24) is 4.90 Å². The minimum atomic E-state index is -0.767. The molecule has 1 aliphatic rings. The Morgan fingerprint density at radius 1 is 1.12 bits per heavy atom. The summed E-state index contributed by atoms with van der Waals surface area (Å²) >= 11 is 0. The number of hydrogen-bond donors (Lipinski definition) is 2. The molecule has 1 aliphatic heterocycles. The van der Waals surface area contributed by atoms with Gasteiger partial charge in [-0.3, -0.25) is 0 Å². The molecule has 1 heterocycles. The van der Waals surface area contributed by atoms with Crippen molar-refractivity contribution in [2.24, 2.45) is 0 Å². The van der Waals surface area contributed by atoms with Gasteiger partial charge in [0.15, 0.2) is 0 Å². The van der Waals surface area contributed by atoms with Gasteiger partial charge in [-0.2, -0.15) is 0 Å². The molecule has 0 atom stereocenters. The zero-order valence-corrected chi connectivity index (χ0v) is 14.2. The molecule has 0 spiro atoms. The van der Waals surface area contributed by atoms with Gasteiger partial charge in [0.2, 0.25) is 0 Å². The van der Waals surface area contributed by atoms with E-state index in [9.17, 15) is 13.6 Å². The minimum Gasteiger partial charge on any atom is -0.328 e. The van der Waals surface area contributed by atoms with E-state index in [1.54, 1.807) is 4.90 Å². The Morgan fingerprint density at radius 3 is 2.44 bits per heavy atom. The second kappa shape index (κ2) is 7.61. The highest BCUT2D eigenvalue weighted by molar-refractivity contribution is 5.89. The lowest BCUT2D eigenvalue weighted by atomic mass is 10.1. The molecule has 2 amide bonds. The first-order valence-electron chi connectivity index (χ1n) is 8.41. The first-order chi connectivity index (χ1) is 12.0. The molecule has 0 radical (unpaired) electrons. The highest BCUT2D eigenvalue weighted by Gasteiger charge is 2.24. The van der Waals surface area contributed by atoms with Crippen LogP contribution < -0.4 is 10.2 Å². The Kier molecular flexibility index (Phi) is 5.28. The number of piperazine rings is 1. The van der Waals surface area contributed by atoms with Crippen LogP contribution in [0.3, 0.4) is 0 Å². The van der Waals surface area contributed by atoms with E-state index in [1.807, 2.05) is 0 Å². The molecular weight excluding hydrogens is 324 g/mol. The van der Waals surface area contributed by atoms with E-state index in [-0.39, 0.29) is 11.7 Å². The Hall–Kier alpha value is -2.47. The zero-order chi connectivity index (χ0) is 17.8. The molecule has 0 bridgehead atoms. The van der Waals surface area contributed by atoms with E-state index in [1.165, 1.54) is 22.1 Å². The van der Waals surface area contributed by atoms with Crippen LogP contribution in [0.2, 0.25) is 0 Å². The van der Waals surface area contributed by atoms with Gasteiger partial charge in [0.25, 0.3) is 0 Å². The first-order valence-corrected chi connectivity index (χ1v) is 8.41. The molecule has 0 unspecified atom stereocenters. The second-order valence-corrected chi connectivity index (χ2v) is 6.45. The summed E-state index contributed by atoms with van der Waals surface area (Å²) in [6.07, 6.45) is 0. The van der Waals surface area contributed by atoms with Gasteiger partial charge in [0.05, 0.1) is 31.9 Å². The summed E-state index contributed by atoms with van der Waals surface area (Å²) in [4.78, 5) is 15.3. The zero-order valence-electron chi connectivity index (χ0n) is 14.2. The Labute approximate surface area is 146 Å². The lowest BCUT2D eigenvalue weighted by molar-refractivity contribution is -0.917. The van der Waals surface area contributed by atoms with E-state index in [2.05, 4.69) is 36.5 Å². The van der Waals surface area contributed by atoms with Crippen LogP contribution in [0.1, 0.15) is 11.1 Å². The number of nitrogens with zero attached hydrogens (tertiary/aromatic N) is 1. The normalized spacial score (nSPS) is 15.2. The van der Waals surface area contributed by atoms with Crippen molar-refractivity contribution in [3.8, 4) is 0 Å². The quantitative estimate of drug-likeness (QED) is 0.878. The molecule has 0 aliphatic carbocycles. The van der Waals surface area contributed by atoms with Crippen LogP contribution in [0.4, 0.5) is 19.3 Å². The lowest BCUT2D eigenvalue weighted by Gasteiger charge is -2.32. The van der Waals surface area contributed by atoms with Gasteiger partial charge in [-0.25, -0.2) is 13.6 Å². The monoisotopic (exact) mass is 346 g/mol. The lowest BCUT2D eigenvalue weighted by Crippen LogP contribution is -3.13. The van der Waals surface area contributed by atoms with Crippen LogP contribution in [0.25, 0.3) is 0 Å².